The Kier molecular flexibility index (Phi) is 4.24. The molecule has 2 aromatic heterocycles. The summed E-state index contributed by atoms with van der Waals surface area (Å²) in [5.41, 5.74) is 1.45. The van der Waals surface area contributed by atoms with Gasteiger partial charge in [0.15, 0.2) is 11.6 Å². The van der Waals surface area contributed by atoms with Crippen molar-refractivity contribution in [2.45, 2.75) is 25.6 Å². The zero-order valence-corrected chi connectivity index (χ0v) is 14.6. The molecule has 1 aliphatic heterocycles. The van der Waals surface area contributed by atoms with E-state index in [4.69, 9.17) is 4.74 Å². The number of fused-ring (bicyclic) bond motifs is 1. The average molecular weight is 367 g/mol. The molecule has 3 aromatic rings. The van der Waals surface area contributed by atoms with Crippen LogP contribution in [-0.2, 0) is 16.1 Å². The first-order chi connectivity index (χ1) is 12.7. The van der Waals surface area contributed by atoms with Gasteiger partial charge in [-0.3, -0.25) is 4.79 Å². The number of hydrogen-bond donors (Lipinski definition) is 0. The van der Waals surface area contributed by atoms with Crippen LogP contribution in [0, 0.1) is 18.3 Å². The number of Topliss-reactive ketones (excluding diaryl/α,β-unsaturated/α-hetero) is 1. The summed E-state index contributed by atoms with van der Waals surface area (Å²) in [6.07, 6.45) is -0.365. The highest BCUT2D eigenvalue weighted by atomic mass is 32.1. The van der Waals surface area contributed by atoms with Crippen LogP contribution in [0.5, 0.6) is 0 Å². The Bertz CT molecular complexity index is 1040. The molecule has 0 amide bonds. The highest BCUT2D eigenvalue weighted by molar-refractivity contribution is 7.09. The fraction of sp³-hybridized carbons (Fsp3) is 0.312. The minimum absolute atomic E-state index is 0.0530. The number of ether oxygens (including phenoxy) is 1. The van der Waals surface area contributed by atoms with Gasteiger partial charge >= 0.3 is 0 Å². The Morgan fingerprint density at radius 2 is 2.31 bits per heavy atom. The van der Waals surface area contributed by atoms with Gasteiger partial charge in [0.1, 0.15) is 11.9 Å². The number of hydrogen-bond acceptors (Lipinski definition) is 9. The van der Waals surface area contributed by atoms with Gasteiger partial charge in [-0.15, -0.1) is 5.11 Å². The van der Waals surface area contributed by atoms with E-state index in [0.29, 0.717) is 28.9 Å². The standard InChI is InChI=1S/C16H13N7O2S/c1-9-18-16(26-22-9)21-20-11(6-17)15-19-10-4-2-3-5-12(10)23(15)7-13(24)14-8-25-14/h2-5,11,14H,7-8H2,1H3/b21-20+. The van der Waals surface area contributed by atoms with Gasteiger partial charge in [0.05, 0.1) is 30.3 Å². The summed E-state index contributed by atoms with van der Waals surface area (Å²) in [6.45, 7) is 2.27. The van der Waals surface area contributed by atoms with Crippen molar-refractivity contribution >= 4 is 33.5 Å². The third-order valence-corrected chi connectivity index (χ3v) is 4.52. The zero-order chi connectivity index (χ0) is 18.1. The molecule has 2 atom stereocenters. The number of carbonyl (C=O) groups is 1. The Balaban J connectivity index is 1.72. The number of rotatable bonds is 6. The van der Waals surface area contributed by atoms with Crippen LogP contribution < -0.4 is 0 Å². The number of azo groups is 1. The van der Waals surface area contributed by atoms with Crippen LogP contribution in [0.1, 0.15) is 17.7 Å². The van der Waals surface area contributed by atoms with Gasteiger partial charge in [-0.05, 0) is 19.1 Å². The number of benzene rings is 1. The van der Waals surface area contributed by atoms with Crippen molar-refractivity contribution in [3.05, 3.63) is 35.9 Å². The first-order valence-corrected chi connectivity index (χ1v) is 8.63. The number of aryl methyl sites for hydroxylation is 1. The van der Waals surface area contributed by atoms with E-state index in [1.807, 2.05) is 24.3 Å². The van der Waals surface area contributed by atoms with Gasteiger partial charge in [0, 0.05) is 11.5 Å². The second-order valence-corrected chi connectivity index (χ2v) is 6.43. The molecule has 4 rings (SSSR count). The molecule has 0 saturated carbocycles. The number of carbonyl (C=O) groups excluding carboxylic acids is 1. The molecule has 0 radical (unpaired) electrons. The SMILES string of the molecule is Cc1nsc(/N=N/C(C#N)c2nc3ccccc3n2CC(=O)C2CO2)n1. The predicted molar refractivity (Wildman–Crippen MR) is 92.0 cm³/mol. The fourth-order valence-electron chi connectivity index (χ4n) is 2.53. The molecular weight excluding hydrogens is 354 g/mol. The van der Waals surface area contributed by atoms with Gasteiger partial charge in [0.25, 0.3) is 0 Å². The monoisotopic (exact) mass is 367 g/mol. The van der Waals surface area contributed by atoms with Crippen molar-refractivity contribution < 1.29 is 9.53 Å². The molecule has 2 unspecified atom stereocenters. The summed E-state index contributed by atoms with van der Waals surface area (Å²) in [7, 11) is 0. The lowest BCUT2D eigenvalue weighted by Crippen LogP contribution is -2.18. The highest BCUT2D eigenvalue weighted by Crippen LogP contribution is 2.26. The number of nitrogens with zero attached hydrogens (tertiary/aromatic N) is 7. The van der Waals surface area contributed by atoms with Gasteiger partial charge < -0.3 is 9.30 Å². The molecule has 9 nitrogen and oxygen atoms in total. The summed E-state index contributed by atoms with van der Waals surface area (Å²) >= 11 is 1.10. The highest BCUT2D eigenvalue weighted by Gasteiger charge is 2.32. The summed E-state index contributed by atoms with van der Waals surface area (Å²) in [5.74, 6) is 0.912. The Labute approximate surface area is 152 Å². The number of ketones is 1. The Morgan fingerprint density at radius 1 is 1.50 bits per heavy atom. The molecule has 26 heavy (non-hydrogen) atoms. The molecule has 0 aliphatic carbocycles. The quantitative estimate of drug-likeness (QED) is 0.487. The van der Waals surface area contributed by atoms with Crippen LogP contribution in [0.2, 0.25) is 0 Å². The van der Waals surface area contributed by atoms with Crippen LogP contribution in [0.25, 0.3) is 11.0 Å². The Morgan fingerprint density at radius 3 is 3.00 bits per heavy atom. The van der Waals surface area contributed by atoms with Crippen LogP contribution in [-0.4, -0.2) is 37.4 Å². The maximum Gasteiger partial charge on any atom is 0.249 e. The predicted octanol–water partition coefficient (Wildman–Crippen LogP) is 2.51. The molecule has 1 fully saturated rings. The van der Waals surface area contributed by atoms with E-state index in [2.05, 4.69) is 30.6 Å². The Hall–Kier alpha value is -3.03. The summed E-state index contributed by atoms with van der Waals surface area (Å²) in [5, 5.41) is 18.0. The topological polar surface area (TPSA) is 122 Å². The van der Waals surface area contributed by atoms with Crippen molar-refractivity contribution in [1.29, 1.82) is 5.26 Å². The molecule has 130 valence electrons. The molecule has 1 aromatic carbocycles. The molecule has 0 spiro atoms. The zero-order valence-electron chi connectivity index (χ0n) is 13.7. The lowest BCUT2D eigenvalue weighted by molar-refractivity contribution is -0.120. The number of aromatic nitrogens is 4. The van der Waals surface area contributed by atoms with Gasteiger partial charge in [-0.2, -0.15) is 14.7 Å². The van der Waals surface area contributed by atoms with Crippen molar-refractivity contribution in [2.24, 2.45) is 10.2 Å². The molecular formula is C16H13N7O2S. The molecule has 10 heteroatoms. The molecule has 0 N–H and O–H groups in total. The van der Waals surface area contributed by atoms with E-state index < -0.39 is 6.04 Å². The third-order valence-electron chi connectivity index (χ3n) is 3.83. The van der Waals surface area contributed by atoms with Crippen LogP contribution in [0.3, 0.4) is 0 Å². The maximum absolute atomic E-state index is 12.2. The van der Waals surface area contributed by atoms with Gasteiger partial charge in [-0.1, -0.05) is 12.1 Å². The normalized spacial score (nSPS) is 17.5. The van der Waals surface area contributed by atoms with Gasteiger partial charge in [-0.25, -0.2) is 9.97 Å². The molecule has 1 saturated heterocycles. The number of imidazole rings is 1. The van der Waals surface area contributed by atoms with E-state index in [1.54, 1.807) is 11.5 Å². The van der Waals surface area contributed by atoms with Crippen molar-refractivity contribution in [2.75, 3.05) is 6.61 Å². The summed E-state index contributed by atoms with van der Waals surface area (Å²) < 4.78 is 10.8. The minimum atomic E-state index is -0.959. The van der Waals surface area contributed by atoms with E-state index in [9.17, 15) is 10.1 Å². The van der Waals surface area contributed by atoms with Crippen LogP contribution in [0.15, 0.2) is 34.5 Å². The summed E-state index contributed by atoms with van der Waals surface area (Å²) in [4.78, 5) is 20.8. The second kappa shape index (κ2) is 6.70. The lowest BCUT2D eigenvalue weighted by Gasteiger charge is -2.08. The third kappa shape index (κ3) is 3.22. The van der Waals surface area contributed by atoms with E-state index in [-0.39, 0.29) is 18.4 Å². The van der Waals surface area contributed by atoms with E-state index >= 15 is 0 Å². The molecule has 1 aliphatic rings. The lowest BCUT2D eigenvalue weighted by atomic mass is 10.2. The second-order valence-electron chi connectivity index (χ2n) is 5.70. The summed E-state index contributed by atoms with van der Waals surface area (Å²) in [6, 6.07) is 8.51. The minimum Gasteiger partial charge on any atom is -0.365 e. The number of nitriles is 1. The maximum atomic E-state index is 12.2. The van der Waals surface area contributed by atoms with Crippen molar-refractivity contribution in [1.82, 2.24) is 18.9 Å². The smallest absolute Gasteiger partial charge is 0.249 e. The fourth-order valence-corrected chi connectivity index (χ4v) is 3.04. The number of epoxide rings is 1. The van der Waals surface area contributed by atoms with Crippen LogP contribution in [0.4, 0.5) is 5.13 Å². The molecule has 0 bridgehead atoms. The first kappa shape index (κ1) is 16.4. The van der Waals surface area contributed by atoms with Crippen molar-refractivity contribution in [3.63, 3.8) is 0 Å². The van der Waals surface area contributed by atoms with Gasteiger partial charge in [0.2, 0.25) is 11.2 Å². The first-order valence-electron chi connectivity index (χ1n) is 7.86. The largest absolute Gasteiger partial charge is 0.365 e. The van der Waals surface area contributed by atoms with E-state index in [0.717, 1.165) is 17.0 Å². The van der Waals surface area contributed by atoms with Crippen molar-refractivity contribution in [3.8, 4) is 6.07 Å². The van der Waals surface area contributed by atoms with E-state index in [1.165, 1.54) is 0 Å². The number of para-hydroxylation sites is 2. The van der Waals surface area contributed by atoms with Crippen LogP contribution >= 0.6 is 11.5 Å². The average Bonchev–Trinajstić information content (AvgIpc) is 3.33. The molecule has 3 heterocycles.